The molecule has 1 unspecified atom stereocenters. The van der Waals surface area contributed by atoms with Crippen molar-refractivity contribution in [1.82, 2.24) is 0 Å². The van der Waals surface area contributed by atoms with E-state index in [1.807, 2.05) is 29.6 Å². The summed E-state index contributed by atoms with van der Waals surface area (Å²) in [7, 11) is 0. The molecule has 1 heterocycles. The Morgan fingerprint density at radius 1 is 1.33 bits per heavy atom. The van der Waals surface area contributed by atoms with Crippen LogP contribution < -0.4 is 5.73 Å². The van der Waals surface area contributed by atoms with Crippen molar-refractivity contribution in [2.45, 2.75) is 13.0 Å². The smallest absolute Gasteiger partial charge is 0.0762 e. The molecule has 3 heteroatoms. The third kappa shape index (κ3) is 2.03. The third-order valence-electron chi connectivity index (χ3n) is 2.39. The summed E-state index contributed by atoms with van der Waals surface area (Å²) in [6.07, 6.45) is -0.469. The summed E-state index contributed by atoms with van der Waals surface area (Å²) in [4.78, 5) is 0. The minimum atomic E-state index is -0.469. The van der Waals surface area contributed by atoms with E-state index < -0.39 is 6.10 Å². The maximum Gasteiger partial charge on any atom is 0.0762 e. The average molecular weight is 219 g/mol. The van der Waals surface area contributed by atoms with Gasteiger partial charge >= 0.3 is 0 Å². The fourth-order valence-corrected chi connectivity index (χ4v) is 2.18. The Labute approximate surface area is 93.0 Å². The number of hydrogen-bond donors (Lipinski definition) is 2. The molecular formula is C12H13NOS. The minimum Gasteiger partial charge on any atom is -0.398 e. The zero-order chi connectivity index (χ0) is 10.8. The van der Waals surface area contributed by atoms with Crippen molar-refractivity contribution >= 4 is 17.0 Å². The number of nitrogens with two attached hydrogens (primary N) is 1. The number of hydrogen-bond acceptors (Lipinski definition) is 3. The van der Waals surface area contributed by atoms with E-state index in [1.165, 1.54) is 0 Å². The van der Waals surface area contributed by atoms with E-state index in [4.69, 9.17) is 5.73 Å². The van der Waals surface area contributed by atoms with Crippen LogP contribution in [0.3, 0.4) is 0 Å². The van der Waals surface area contributed by atoms with E-state index in [9.17, 15) is 5.11 Å². The lowest BCUT2D eigenvalue weighted by Crippen LogP contribution is -1.95. The first-order chi connectivity index (χ1) is 7.18. The zero-order valence-corrected chi connectivity index (χ0v) is 9.29. The number of aliphatic hydroxyl groups excluding tert-OH is 1. The van der Waals surface area contributed by atoms with Crippen molar-refractivity contribution in [2.24, 2.45) is 0 Å². The molecule has 0 fully saturated rings. The molecule has 15 heavy (non-hydrogen) atoms. The van der Waals surface area contributed by atoms with Gasteiger partial charge in [-0.05, 0) is 40.9 Å². The Morgan fingerprint density at radius 3 is 2.67 bits per heavy atom. The van der Waals surface area contributed by atoms with Crippen LogP contribution >= 0.6 is 11.3 Å². The largest absolute Gasteiger partial charge is 0.398 e. The van der Waals surface area contributed by atoms with Gasteiger partial charge < -0.3 is 10.8 Å². The number of aliphatic hydroxyl groups is 1. The van der Waals surface area contributed by atoms with E-state index in [-0.39, 0.29) is 0 Å². The van der Waals surface area contributed by atoms with Crippen LogP contribution in [-0.4, -0.2) is 5.11 Å². The van der Waals surface area contributed by atoms with Gasteiger partial charge in [-0.25, -0.2) is 0 Å². The number of thiophene rings is 1. The molecule has 0 amide bonds. The lowest BCUT2D eigenvalue weighted by molar-refractivity contribution is 0.199. The molecule has 1 aromatic carbocycles. The highest BCUT2D eigenvalue weighted by molar-refractivity contribution is 7.08. The van der Waals surface area contributed by atoms with Gasteiger partial charge in [0, 0.05) is 11.3 Å². The van der Waals surface area contributed by atoms with Crippen LogP contribution in [0.4, 0.5) is 5.69 Å². The second kappa shape index (κ2) is 4.04. The van der Waals surface area contributed by atoms with E-state index in [1.54, 1.807) is 18.3 Å². The van der Waals surface area contributed by atoms with E-state index in [0.29, 0.717) is 5.69 Å². The fourth-order valence-electron chi connectivity index (χ4n) is 1.52. The van der Waals surface area contributed by atoms with Crippen molar-refractivity contribution < 1.29 is 5.11 Å². The molecule has 1 aromatic heterocycles. The van der Waals surface area contributed by atoms with Crippen LogP contribution in [0.2, 0.25) is 0 Å². The molecule has 78 valence electrons. The van der Waals surface area contributed by atoms with Crippen LogP contribution in [0.5, 0.6) is 0 Å². The van der Waals surface area contributed by atoms with Crippen LogP contribution in [-0.2, 0) is 0 Å². The molecule has 2 rings (SSSR count). The Balaban J connectivity index is 2.44. The van der Waals surface area contributed by atoms with Crippen molar-refractivity contribution in [2.75, 3.05) is 5.73 Å². The first kappa shape index (κ1) is 10.2. The molecule has 0 saturated carbocycles. The minimum absolute atomic E-state index is 0.469. The molecule has 0 aliphatic rings. The van der Waals surface area contributed by atoms with Crippen molar-refractivity contribution in [3.8, 4) is 11.1 Å². The highest BCUT2D eigenvalue weighted by Gasteiger charge is 2.06. The molecule has 2 aromatic rings. The molecule has 1 atom stereocenters. The molecule has 0 radical (unpaired) electrons. The number of nitrogen functional groups attached to an aromatic ring is 1. The Morgan fingerprint density at radius 2 is 2.13 bits per heavy atom. The lowest BCUT2D eigenvalue weighted by atomic mass is 10.0. The summed E-state index contributed by atoms with van der Waals surface area (Å²) in [5.41, 5.74) is 9.67. The monoisotopic (exact) mass is 219 g/mol. The maximum absolute atomic E-state index is 9.42. The van der Waals surface area contributed by atoms with Gasteiger partial charge in [0.15, 0.2) is 0 Å². The highest BCUT2D eigenvalue weighted by Crippen LogP contribution is 2.29. The summed E-state index contributed by atoms with van der Waals surface area (Å²) in [5, 5.41) is 13.5. The summed E-state index contributed by atoms with van der Waals surface area (Å²) < 4.78 is 0. The van der Waals surface area contributed by atoms with E-state index in [2.05, 4.69) is 5.38 Å². The third-order valence-corrected chi connectivity index (χ3v) is 3.07. The quantitative estimate of drug-likeness (QED) is 0.762. The van der Waals surface area contributed by atoms with Gasteiger partial charge in [-0.2, -0.15) is 11.3 Å². The summed E-state index contributed by atoms with van der Waals surface area (Å²) in [5.74, 6) is 0. The second-order valence-electron chi connectivity index (χ2n) is 3.53. The summed E-state index contributed by atoms with van der Waals surface area (Å²) in [6, 6.07) is 7.74. The Bertz CT molecular complexity index is 449. The molecule has 0 spiro atoms. The average Bonchev–Trinajstić information content (AvgIpc) is 2.70. The topological polar surface area (TPSA) is 46.2 Å². The molecule has 3 N–H and O–H groups in total. The van der Waals surface area contributed by atoms with Gasteiger partial charge in [0.25, 0.3) is 0 Å². The Hall–Kier alpha value is -1.32. The fraction of sp³-hybridized carbons (Fsp3) is 0.167. The zero-order valence-electron chi connectivity index (χ0n) is 8.47. The standard InChI is InChI=1S/C12H13NOS/c1-8(14)9-2-3-11(12(13)6-9)10-4-5-15-7-10/h2-8,14H,13H2,1H3. The molecule has 2 nitrogen and oxygen atoms in total. The van der Waals surface area contributed by atoms with Gasteiger partial charge in [0.05, 0.1) is 6.10 Å². The first-order valence-electron chi connectivity index (χ1n) is 4.78. The molecule has 0 bridgehead atoms. The SMILES string of the molecule is CC(O)c1ccc(-c2ccsc2)c(N)c1. The van der Waals surface area contributed by atoms with Crippen LogP contribution in [0.15, 0.2) is 35.0 Å². The molecular weight excluding hydrogens is 206 g/mol. The summed E-state index contributed by atoms with van der Waals surface area (Å²) in [6.45, 7) is 1.74. The normalized spacial score (nSPS) is 12.7. The molecule has 0 saturated heterocycles. The summed E-state index contributed by atoms with van der Waals surface area (Å²) >= 11 is 1.65. The van der Waals surface area contributed by atoms with Crippen LogP contribution in [0.1, 0.15) is 18.6 Å². The number of anilines is 1. The Kier molecular flexibility index (Phi) is 2.75. The van der Waals surface area contributed by atoms with Gasteiger partial charge in [-0.1, -0.05) is 12.1 Å². The van der Waals surface area contributed by atoms with Crippen LogP contribution in [0, 0.1) is 0 Å². The number of rotatable bonds is 2. The van der Waals surface area contributed by atoms with Gasteiger partial charge in [-0.15, -0.1) is 0 Å². The predicted octanol–water partition coefficient (Wildman–Crippen LogP) is 3.05. The van der Waals surface area contributed by atoms with Crippen LogP contribution in [0.25, 0.3) is 11.1 Å². The first-order valence-corrected chi connectivity index (χ1v) is 5.73. The van der Waals surface area contributed by atoms with Crippen molar-refractivity contribution in [3.05, 3.63) is 40.6 Å². The maximum atomic E-state index is 9.42. The van der Waals surface area contributed by atoms with Gasteiger partial charge in [0.2, 0.25) is 0 Å². The molecule has 0 aliphatic heterocycles. The highest BCUT2D eigenvalue weighted by atomic mass is 32.1. The second-order valence-corrected chi connectivity index (χ2v) is 4.31. The van der Waals surface area contributed by atoms with Gasteiger partial charge in [-0.3, -0.25) is 0 Å². The van der Waals surface area contributed by atoms with Crippen molar-refractivity contribution in [3.63, 3.8) is 0 Å². The predicted molar refractivity (Wildman–Crippen MR) is 64.8 cm³/mol. The lowest BCUT2D eigenvalue weighted by Gasteiger charge is -2.09. The van der Waals surface area contributed by atoms with Gasteiger partial charge in [0.1, 0.15) is 0 Å². The van der Waals surface area contributed by atoms with Crippen molar-refractivity contribution in [1.29, 1.82) is 0 Å². The van der Waals surface area contributed by atoms with E-state index in [0.717, 1.165) is 16.7 Å². The molecule has 0 aliphatic carbocycles. The van der Waals surface area contributed by atoms with E-state index >= 15 is 0 Å². The number of benzene rings is 1.